The number of rotatable bonds is 2. The third kappa shape index (κ3) is 1.82. The van der Waals surface area contributed by atoms with E-state index in [1.807, 2.05) is 11.9 Å². The summed E-state index contributed by atoms with van der Waals surface area (Å²) in [7, 11) is 3.56. The van der Waals surface area contributed by atoms with Crippen molar-refractivity contribution < 1.29 is 0 Å². The Labute approximate surface area is 71.7 Å². The fraction of sp³-hybridized carbons (Fsp3) is 0.429. The number of nitrogens with one attached hydrogen (secondary N) is 1. The zero-order valence-electron chi connectivity index (χ0n) is 7.23. The molecule has 0 saturated carbocycles. The van der Waals surface area contributed by atoms with Gasteiger partial charge in [0.15, 0.2) is 0 Å². The van der Waals surface area contributed by atoms with Gasteiger partial charge in [0.2, 0.25) is 0 Å². The lowest BCUT2D eigenvalue weighted by atomic mass is 10.3. The Morgan fingerprint density at radius 2 is 2.58 bits per heavy atom. The van der Waals surface area contributed by atoms with E-state index in [0.717, 1.165) is 5.70 Å². The standard InChI is InChI=1S/C7H13N5/c1-9-4-11-6-3-10-5-12(2)7(6)8/h3-5,7H,8H2,1-2H3,(H,9,11). The largest absolute Gasteiger partial charge is 0.346 e. The molecular formula is C7H13N5. The molecule has 0 bridgehead atoms. The van der Waals surface area contributed by atoms with Gasteiger partial charge in [0, 0.05) is 14.1 Å². The molecule has 0 spiro atoms. The van der Waals surface area contributed by atoms with E-state index in [4.69, 9.17) is 5.73 Å². The maximum absolute atomic E-state index is 5.81. The summed E-state index contributed by atoms with van der Waals surface area (Å²) in [6.07, 6.45) is 4.78. The smallest absolute Gasteiger partial charge is 0.120 e. The van der Waals surface area contributed by atoms with Gasteiger partial charge in [-0.2, -0.15) is 0 Å². The maximum Gasteiger partial charge on any atom is 0.120 e. The minimum atomic E-state index is -0.166. The fourth-order valence-electron chi connectivity index (χ4n) is 0.848. The van der Waals surface area contributed by atoms with E-state index in [1.165, 1.54) is 0 Å². The van der Waals surface area contributed by atoms with E-state index >= 15 is 0 Å². The van der Waals surface area contributed by atoms with E-state index in [-0.39, 0.29) is 6.17 Å². The fourth-order valence-corrected chi connectivity index (χ4v) is 0.848. The van der Waals surface area contributed by atoms with Gasteiger partial charge >= 0.3 is 0 Å². The summed E-state index contributed by atoms with van der Waals surface area (Å²) in [6.45, 7) is 0. The molecule has 3 N–H and O–H groups in total. The van der Waals surface area contributed by atoms with Crippen molar-refractivity contribution in [2.24, 2.45) is 15.7 Å². The molecular weight excluding hydrogens is 154 g/mol. The molecule has 12 heavy (non-hydrogen) atoms. The molecule has 0 aromatic rings. The van der Waals surface area contributed by atoms with Crippen LogP contribution in [0.5, 0.6) is 0 Å². The highest BCUT2D eigenvalue weighted by Gasteiger charge is 2.13. The molecule has 5 nitrogen and oxygen atoms in total. The summed E-state index contributed by atoms with van der Waals surface area (Å²) >= 11 is 0. The highest BCUT2D eigenvalue weighted by Crippen LogP contribution is 2.02. The zero-order valence-corrected chi connectivity index (χ0v) is 7.23. The highest BCUT2D eigenvalue weighted by atomic mass is 15.3. The highest BCUT2D eigenvalue weighted by molar-refractivity contribution is 5.62. The zero-order chi connectivity index (χ0) is 8.97. The predicted molar refractivity (Wildman–Crippen MR) is 49.9 cm³/mol. The van der Waals surface area contributed by atoms with Crippen LogP contribution in [0.4, 0.5) is 0 Å². The molecule has 1 heterocycles. The number of aliphatic imine (C=N–C) groups is 2. The minimum absolute atomic E-state index is 0.166. The summed E-state index contributed by atoms with van der Waals surface area (Å²) in [4.78, 5) is 9.58. The second kappa shape index (κ2) is 3.87. The predicted octanol–water partition coefficient (Wildman–Crippen LogP) is -0.666. The molecule has 0 aromatic heterocycles. The molecule has 0 aliphatic carbocycles. The van der Waals surface area contributed by atoms with E-state index in [0.29, 0.717) is 0 Å². The monoisotopic (exact) mass is 167 g/mol. The SMILES string of the molecule is CN=CNC1=CN=CN(C)C1N. The van der Waals surface area contributed by atoms with Crippen molar-refractivity contribution in [3.8, 4) is 0 Å². The van der Waals surface area contributed by atoms with Gasteiger partial charge in [-0.05, 0) is 0 Å². The quantitative estimate of drug-likeness (QED) is 0.423. The maximum atomic E-state index is 5.81. The molecule has 0 aromatic carbocycles. The first-order valence-electron chi connectivity index (χ1n) is 3.63. The van der Waals surface area contributed by atoms with Gasteiger partial charge in [-0.15, -0.1) is 0 Å². The Morgan fingerprint density at radius 1 is 1.83 bits per heavy atom. The summed E-state index contributed by atoms with van der Waals surface area (Å²) in [5.41, 5.74) is 6.64. The van der Waals surface area contributed by atoms with Gasteiger partial charge in [-0.1, -0.05) is 0 Å². The topological polar surface area (TPSA) is 66.0 Å². The van der Waals surface area contributed by atoms with Gasteiger partial charge in [0.25, 0.3) is 0 Å². The molecule has 0 fully saturated rings. The first kappa shape index (κ1) is 8.73. The van der Waals surface area contributed by atoms with Gasteiger partial charge in [-0.25, -0.2) is 4.99 Å². The molecule has 0 radical (unpaired) electrons. The van der Waals surface area contributed by atoms with E-state index in [9.17, 15) is 0 Å². The third-order valence-electron chi connectivity index (χ3n) is 1.58. The normalized spacial score (nSPS) is 23.1. The van der Waals surface area contributed by atoms with Crippen molar-refractivity contribution in [2.75, 3.05) is 14.1 Å². The Hall–Kier alpha value is -1.36. The molecule has 1 aliphatic heterocycles. The summed E-state index contributed by atoms with van der Waals surface area (Å²) < 4.78 is 0. The van der Waals surface area contributed by atoms with Gasteiger partial charge in [0.1, 0.15) is 6.17 Å². The van der Waals surface area contributed by atoms with Crippen LogP contribution in [0.15, 0.2) is 21.9 Å². The molecule has 1 aliphatic rings. The molecule has 1 atom stereocenters. The molecule has 1 rings (SSSR count). The van der Waals surface area contributed by atoms with Crippen molar-refractivity contribution in [1.82, 2.24) is 10.2 Å². The van der Waals surface area contributed by atoms with Crippen molar-refractivity contribution in [2.45, 2.75) is 6.17 Å². The first-order valence-corrected chi connectivity index (χ1v) is 3.63. The van der Waals surface area contributed by atoms with Crippen molar-refractivity contribution in [3.63, 3.8) is 0 Å². The van der Waals surface area contributed by atoms with Gasteiger partial charge in [-0.3, -0.25) is 4.99 Å². The van der Waals surface area contributed by atoms with Crippen LogP contribution >= 0.6 is 0 Å². The summed E-state index contributed by atoms with van der Waals surface area (Å²) in [5.74, 6) is 0. The van der Waals surface area contributed by atoms with Crippen molar-refractivity contribution in [3.05, 3.63) is 11.9 Å². The van der Waals surface area contributed by atoms with Crippen LogP contribution in [0.1, 0.15) is 0 Å². The average molecular weight is 167 g/mol. The van der Waals surface area contributed by atoms with Crippen LogP contribution in [0, 0.1) is 0 Å². The minimum Gasteiger partial charge on any atom is -0.346 e. The number of likely N-dealkylation sites (N-methyl/N-ethyl adjacent to an activating group) is 1. The Balaban J connectivity index is 2.62. The second-order valence-electron chi connectivity index (χ2n) is 2.49. The lowest BCUT2D eigenvalue weighted by molar-refractivity contribution is 0.414. The van der Waals surface area contributed by atoms with E-state index < -0.39 is 0 Å². The number of hydrogen-bond acceptors (Lipinski definition) is 4. The number of nitrogens with zero attached hydrogens (tertiary/aromatic N) is 3. The third-order valence-corrected chi connectivity index (χ3v) is 1.58. The van der Waals surface area contributed by atoms with Crippen LogP contribution in [0.25, 0.3) is 0 Å². The second-order valence-corrected chi connectivity index (χ2v) is 2.49. The van der Waals surface area contributed by atoms with Crippen LogP contribution < -0.4 is 11.1 Å². The molecule has 5 heteroatoms. The van der Waals surface area contributed by atoms with Gasteiger partial charge < -0.3 is 16.0 Å². The van der Waals surface area contributed by atoms with Crippen LogP contribution in [0.3, 0.4) is 0 Å². The average Bonchev–Trinajstić information content (AvgIpc) is 2.08. The van der Waals surface area contributed by atoms with Crippen molar-refractivity contribution >= 4 is 12.7 Å². The molecule has 1 unspecified atom stereocenters. The lowest BCUT2D eigenvalue weighted by Gasteiger charge is -2.26. The van der Waals surface area contributed by atoms with Crippen LogP contribution in [0.2, 0.25) is 0 Å². The number of hydrogen-bond donors (Lipinski definition) is 2. The Kier molecular flexibility index (Phi) is 2.82. The molecule has 66 valence electrons. The summed E-state index contributed by atoms with van der Waals surface area (Å²) in [6, 6.07) is 0. The van der Waals surface area contributed by atoms with E-state index in [2.05, 4.69) is 15.3 Å². The number of nitrogens with two attached hydrogens (primary N) is 1. The lowest BCUT2D eigenvalue weighted by Crippen LogP contribution is -2.45. The Morgan fingerprint density at radius 3 is 3.25 bits per heavy atom. The van der Waals surface area contributed by atoms with Gasteiger partial charge in [0.05, 0.1) is 24.6 Å². The first-order chi connectivity index (χ1) is 5.75. The molecule has 0 amide bonds. The molecule has 0 saturated heterocycles. The van der Waals surface area contributed by atoms with Crippen LogP contribution in [-0.4, -0.2) is 37.8 Å². The summed E-state index contributed by atoms with van der Waals surface area (Å²) in [5, 5.41) is 2.94. The van der Waals surface area contributed by atoms with Crippen LogP contribution in [-0.2, 0) is 0 Å². The van der Waals surface area contributed by atoms with Crippen molar-refractivity contribution in [1.29, 1.82) is 0 Å². The van der Waals surface area contributed by atoms with E-state index in [1.54, 1.807) is 25.9 Å². The Bertz CT molecular complexity index is 230.